The van der Waals surface area contributed by atoms with Crippen molar-refractivity contribution in [1.82, 2.24) is 0 Å². The molecule has 178 valence electrons. The van der Waals surface area contributed by atoms with Gasteiger partial charge in [0, 0.05) is 0 Å². The monoisotopic (exact) mass is 534 g/mol. The van der Waals surface area contributed by atoms with Crippen molar-refractivity contribution in [2.45, 2.75) is 74.4 Å². The van der Waals surface area contributed by atoms with Crippen molar-refractivity contribution in [3.63, 3.8) is 0 Å². The quantitative estimate of drug-likeness (QED) is 0.421. The molecule has 2 fully saturated rings. The van der Waals surface area contributed by atoms with E-state index in [0.29, 0.717) is 6.61 Å². The van der Waals surface area contributed by atoms with Gasteiger partial charge in [-0.05, 0) is 0 Å². The standard InChI is InChI=1S/C26H34O5SeSi/c1-18(27)29-24-23-22(30-26(5,6)31-23)21(32-24)17-28-33(25(2,3)4,19-13-9-7-10-14-19)20-15-11-8-12-16-20/h7-16,21-24H,17H2,1-6H3/t21-,22?,23?,24-/m1/s1. The van der Waals surface area contributed by atoms with Crippen molar-refractivity contribution in [3.05, 3.63) is 60.7 Å². The third-order valence-corrected chi connectivity index (χ3v) is 14.2. The van der Waals surface area contributed by atoms with E-state index in [1.54, 1.807) is 0 Å². The Kier molecular flexibility index (Phi) is 6.94. The first-order valence-electron chi connectivity index (χ1n) is 11.5. The van der Waals surface area contributed by atoms with Crippen molar-refractivity contribution in [2.24, 2.45) is 0 Å². The molecule has 33 heavy (non-hydrogen) atoms. The molecule has 0 spiro atoms. The number of carbonyl (C=O) groups excluding carboxylic acids is 1. The second-order valence-electron chi connectivity index (χ2n) is 10.2. The SMILES string of the molecule is CC(=O)O[C@@H]1[Se][C@H](CO[Si](c2ccccc2)(c2ccccc2)C(C)(C)C)C2OC(C)(C)OC21. The minimum absolute atomic E-state index is 0.0110. The Balaban J connectivity index is 1.68. The van der Waals surface area contributed by atoms with Gasteiger partial charge in [-0.2, -0.15) is 0 Å². The summed E-state index contributed by atoms with van der Waals surface area (Å²) in [5.74, 6) is -0.970. The topological polar surface area (TPSA) is 54.0 Å². The molecule has 2 aliphatic rings. The second-order valence-corrected chi connectivity index (χ2v) is 17.3. The van der Waals surface area contributed by atoms with Crippen LogP contribution in [0.5, 0.6) is 0 Å². The predicted molar refractivity (Wildman–Crippen MR) is 132 cm³/mol. The summed E-state index contributed by atoms with van der Waals surface area (Å²) in [6, 6.07) is 21.3. The van der Waals surface area contributed by atoms with Crippen molar-refractivity contribution in [2.75, 3.05) is 6.61 Å². The Morgan fingerprint density at radius 1 is 0.970 bits per heavy atom. The zero-order chi connectivity index (χ0) is 23.9. The molecule has 0 aromatic heterocycles. The molecule has 2 saturated heterocycles. The maximum atomic E-state index is 11.7. The van der Waals surface area contributed by atoms with Crippen LogP contribution >= 0.6 is 0 Å². The first-order valence-corrected chi connectivity index (χ1v) is 15.4. The van der Waals surface area contributed by atoms with Crippen LogP contribution in [0.2, 0.25) is 9.85 Å². The molecule has 2 unspecified atom stereocenters. The van der Waals surface area contributed by atoms with Gasteiger partial charge in [0.2, 0.25) is 0 Å². The zero-order valence-corrected chi connectivity index (χ0v) is 23.0. The number of esters is 1. The van der Waals surface area contributed by atoms with Crippen molar-refractivity contribution >= 4 is 39.6 Å². The van der Waals surface area contributed by atoms with Gasteiger partial charge in [-0.1, -0.05) is 0 Å². The molecule has 2 heterocycles. The van der Waals surface area contributed by atoms with E-state index in [1.165, 1.54) is 17.3 Å². The molecule has 0 saturated carbocycles. The van der Waals surface area contributed by atoms with E-state index in [2.05, 4.69) is 81.4 Å². The minimum atomic E-state index is -2.64. The summed E-state index contributed by atoms with van der Waals surface area (Å²) in [6.07, 6.45) is -0.376. The van der Waals surface area contributed by atoms with Crippen LogP contribution in [-0.2, 0) is 23.4 Å². The first-order chi connectivity index (χ1) is 15.5. The van der Waals surface area contributed by atoms with Crippen LogP contribution in [0.4, 0.5) is 0 Å². The molecule has 0 aliphatic carbocycles. The van der Waals surface area contributed by atoms with Gasteiger partial charge < -0.3 is 0 Å². The van der Waals surface area contributed by atoms with Gasteiger partial charge in [0.1, 0.15) is 0 Å². The third-order valence-electron chi connectivity index (χ3n) is 6.27. The Morgan fingerprint density at radius 3 is 1.97 bits per heavy atom. The van der Waals surface area contributed by atoms with Crippen LogP contribution in [0.1, 0.15) is 41.5 Å². The van der Waals surface area contributed by atoms with Crippen molar-refractivity contribution < 1.29 is 23.4 Å². The number of ether oxygens (including phenoxy) is 3. The molecular weight excluding hydrogens is 499 g/mol. The van der Waals surface area contributed by atoms with Gasteiger partial charge in [0.15, 0.2) is 0 Å². The van der Waals surface area contributed by atoms with Gasteiger partial charge in [-0.25, -0.2) is 0 Å². The number of fused-ring (bicyclic) bond motifs is 1. The average Bonchev–Trinajstić information content (AvgIpc) is 3.22. The Hall–Kier alpha value is -1.47. The summed E-state index contributed by atoms with van der Waals surface area (Å²) >= 11 is -0.0110. The van der Waals surface area contributed by atoms with Crippen LogP contribution in [0.15, 0.2) is 60.7 Å². The molecule has 4 atom stereocenters. The summed E-state index contributed by atoms with van der Waals surface area (Å²) < 4.78 is 25.3. The number of hydrogen-bond donors (Lipinski definition) is 0. The Morgan fingerprint density at radius 2 is 1.48 bits per heavy atom. The normalized spacial score (nSPS) is 26.7. The van der Waals surface area contributed by atoms with Gasteiger partial charge >= 0.3 is 205 Å². The van der Waals surface area contributed by atoms with E-state index in [0.717, 1.165) is 0 Å². The maximum absolute atomic E-state index is 11.7. The molecule has 2 aromatic carbocycles. The second kappa shape index (κ2) is 9.29. The molecule has 7 heteroatoms. The average molecular weight is 534 g/mol. The molecular formula is C26H34O5SeSi. The van der Waals surface area contributed by atoms with Crippen molar-refractivity contribution in [1.29, 1.82) is 0 Å². The number of carbonyl (C=O) groups is 1. The molecule has 4 rings (SSSR count). The van der Waals surface area contributed by atoms with Gasteiger partial charge in [0.05, 0.1) is 0 Å². The van der Waals surface area contributed by atoms with Gasteiger partial charge in [-0.15, -0.1) is 0 Å². The van der Waals surface area contributed by atoms with E-state index in [9.17, 15) is 4.79 Å². The van der Waals surface area contributed by atoms with Crippen molar-refractivity contribution in [3.8, 4) is 0 Å². The van der Waals surface area contributed by atoms with E-state index in [4.69, 9.17) is 18.6 Å². The summed E-state index contributed by atoms with van der Waals surface area (Å²) in [5.41, 5.74) is 0. The van der Waals surface area contributed by atoms with Crippen LogP contribution < -0.4 is 10.4 Å². The summed E-state index contributed by atoms with van der Waals surface area (Å²) in [5, 5.41) is 2.16. The molecule has 0 amide bonds. The van der Waals surface area contributed by atoms with Crippen LogP contribution in [0, 0.1) is 0 Å². The molecule has 2 aromatic rings. The number of hydrogen-bond acceptors (Lipinski definition) is 5. The van der Waals surface area contributed by atoms with Gasteiger partial charge in [-0.3, -0.25) is 0 Å². The molecule has 0 N–H and O–H groups in total. The third kappa shape index (κ3) is 4.86. The van der Waals surface area contributed by atoms with Crippen LogP contribution in [0.3, 0.4) is 0 Å². The first kappa shape index (κ1) is 24.6. The predicted octanol–water partition coefficient (Wildman–Crippen LogP) is 3.48. The fraction of sp³-hybridized carbons (Fsp3) is 0.500. The summed E-state index contributed by atoms with van der Waals surface area (Å²) in [4.78, 5) is 11.9. The van der Waals surface area contributed by atoms with Crippen LogP contribution in [0.25, 0.3) is 0 Å². The Bertz CT molecular complexity index is 920. The molecule has 0 radical (unpaired) electrons. The molecule has 0 bridgehead atoms. The molecule has 2 aliphatic heterocycles. The fourth-order valence-electron chi connectivity index (χ4n) is 5.00. The number of rotatable bonds is 6. The molecule has 5 nitrogen and oxygen atoms in total. The van der Waals surface area contributed by atoms with E-state index in [-0.39, 0.29) is 48.0 Å². The summed E-state index contributed by atoms with van der Waals surface area (Å²) in [6.45, 7) is 12.7. The zero-order valence-electron chi connectivity index (χ0n) is 20.2. The van der Waals surface area contributed by atoms with E-state index < -0.39 is 14.1 Å². The number of benzene rings is 2. The van der Waals surface area contributed by atoms with Gasteiger partial charge in [0.25, 0.3) is 0 Å². The van der Waals surface area contributed by atoms with Crippen LogP contribution in [-0.4, -0.2) is 58.8 Å². The summed E-state index contributed by atoms with van der Waals surface area (Å²) in [7, 11) is -2.64. The Labute approximate surface area is 204 Å². The van der Waals surface area contributed by atoms with E-state index >= 15 is 0 Å². The van der Waals surface area contributed by atoms with E-state index in [1.807, 2.05) is 13.8 Å². The fourth-order valence-corrected chi connectivity index (χ4v) is 12.8.